The fourth-order valence-corrected chi connectivity index (χ4v) is 2.16. The van der Waals surface area contributed by atoms with Crippen LogP contribution >= 0.6 is 27.3 Å². The average Bonchev–Trinajstić information content (AvgIpc) is 2.47. The first-order chi connectivity index (χ1) is 6.85. The number of amides is 1. The van der Waals surface area contributed by atoms with Crippen LogP contribution in [-0.4, -0.2) is 16.8 Å². The standard InChI is InChI=1S/C11H16BrNOS/c1-7-5-9(15-8(7)2)10(14)13-11(3,4)6-12/h5H,6H2,1-4H3,(H,13,14). The normalized spacial score (nSPS) is 11.5. The van der Waals surface area contributed by atoms with Gasteiger partial charge >= 0.3 is 0 Å². The zero-order valence-corrected chi connectivity index (χ0v) is 11.9. The van der Waals surface area contributed by atoms with Crippen molar-refractivity contribution >= 4 is 33.2 Å². The molecule has 1 aromatic heterocycles. The van der Waals surface area contributed by atoms with Crippen molar-refractivity contribution in [3.63, 3.8) is 0 Å². The first kappa shape index (κ1) is 12.7. The Morgan fingerprint density at radius 3 is 2.53 bits per heavy atom. The maximum atomic E-state index is 11.9. The van der Waals surface area contributed by atoms with Crippen LogP contribution in [0.4, 0.5) is 0 Å². The zero-order chi connectivity index (χ0) is 11.6. The highest BCUT2D eigenvalue weighted by Crippen LogP contribution is 2.21. The van der Waals surface area contributed by atoms with E-state index in [9.17, 15) is 4.79 Å². The lowest BCUT2D eigenvalue weighted by molar-refractivity contribution is 0.0925. The molecule has 0 bridgehead atoms. The molecule has 0 spiro atoms. The summed E-state index contributed by atoms with van der Waals surface area (Å²) in [5.74, 6) is 0.0145. The van der Waals surface area contributed by atoms with Gasteiger partial charge in [-0.15, -0.1) is 11.3 Å². The minimum absolute atomic E-state index is 0.0145. The van der Waals surface area contributed by atoms with E-state index in [0.717, 1.165) is 10.2 Å². The predicted octanol–water partition coefficient (Wildman–Crippen LogP) is 3.27. The minimum atomic E-state index is -0.205. The molecule has 84 valence electrons. The number of carbonyl (C=O) groups excluding carboxylic acids is 1. The van der Waals surface area contributed by atoms with Gasteiger partial charge in [-0.1, -0.05) is 15.9 Å². The number of hydrogen-bond donors (Lipinski definition) is 1. The lowest BCUT2D eigenvalue weighted by Gasteiger charge is -2.22. The van der Waals surface area contributed by atoms with Crippen LogP contribution in [0.15, 0.2) is 6.07 Å². The number of hydrogen-bond acceptors (Lipinski definition) is 2. The van der Waals surface area contributed by atoms with Crippen molar-refractivity contribution < 1.29 is 4.79 Å². The quantitative estimate of drug-likeness (QED) is 0.851. The van der Waals surface area contributed by atoms with Gasteiger partial charge < -0.3 is 5.32 Å². The fraction of sp³-hybridized carbons (Fsp3) is 0.545. The third-order valence-electron chi connectivity index (χ3n) is 2.18. The lowest BCUT2D eigenvalue weighted by atomic mass is 10.1. The largest absolute Gasteiger partial charge is 0.346 e. The molecular weight excluding hydrogens is 274 g/mol. The van der Waals surface area contributed by atoms with E-state index in [1.807, 2.05) is 33.8 Å². The highest BCUT2D eigenvalue weighted by atomic mass is 79.9. The third kappa shape index (κ3) is 3.31. The van der Waals surface area contributed by atoms with Gasteiger partial charge in [-0.3, -0.25) is 4.79 Å². The summed E-state index contributed by atoms with van der Waals surface area (Å²) in [7, 11) is 0. The summed E-state index contributed by atoms with van der Waals surface area (Å²) in [6.07, 6.45) is 0. The molecule has 0 fully saturated rings. The van der Waals surface area contributed by atoms with E-state index in [0.29, 0.717) is 0 Å². The number of rotatable bonds is 3. The fourth-order valence-electron chi connectivity index (χ4n) is 1.09. The van der Waals surface area contributed by atoms with Gasteiger partial charge in [0, 0.05) is 15.7 Å². The van der Waals surface area contributed by atoms with E-state index in [-0.39, 0.29) is 11.4 Å². The zero-order valence-electron chi connectivity index (χ0n) is 9.48. The summed E-state index contributed by atoms with van der Waals surface area (Å²) >= 11 is 4.93. The Labute approximate surface area is 103 Å². The highest BCUT2D eigenvalue weighted by molar-refractivity contribution is 9.09. The number of alkyl halides is 1. The summed E-state index contributed by atoms with van der Waals surface area (Å²) in [5.41, 5.74) is 0.977. The number of halogens is 1. The molecular formula is C11H16BrNOS. The summed E-state index contributed by atoms with van der Waals surface area (Å²) in [6, 6.07) is 1.94. The van der Waals surface area contributed by atoms with Gasteiger partial charge in [0.25, 0.3) is 5.91 Å². The van der Waals surface area contributed by atoms with Crippen LogP contribution in [-0.2, 0) is 0 Å². The van der Waals surface area contributed by atoms with E-state index in [1.54, 1.807) is 11.3 Å². The molecule has 0 aliphatic heterocycles. The number of nitrogens with one attached hydrogen (secondary N) is 1. The Hall–Kier alpha value is -0.350. The second kappa shape index (κ2) is 4.66. The van der Waals surface area contributed by atoms with Crippen LogP contribution in [0.1, 0.15) is 34.0 Å². The Morgan fingerprint density at radius 2 is 2.13 bits per heavy atom. The summed E-state index contributed by atoms with van der Waals surface area (Å²) < 4.78 is 0. The van der Waals surface area contributed by atoms with Crippen LogP contribution in [0.25, 0.3) is 0 Å². The van der Waals surface area contributed by atoms with Crippen molar-refractivity contribution in [3.8, 4) is 0 Å². The van der Waals surface area contributed by atoms with Gasteiger partial charge in [0.1, 0.15) is 0 Å². The highest BCUT2D eigenvalue weighted by Gasteiger charge is 2.20. The second-order valence-electron chi connectivity index (χ2n) is 4.32. The van der Waals surface area contributed by atoms with Crippen molar-refractivity contribution in [2.24, 2.45) is 0 Å². The van der Waals surface area contributed by atoms with Crippen molar-refractivity contribution in [1.82, 2.24) is 5.32 Å². The molecule has 0 unspecified atom stereocenters. The molecule has 2 nitrogen and oxygen atoms in total. The maximum Gasteiger partial charge on any atom is 0.261 e. The van der Waals surface area contributed by atoms with E-state index in [2.05, 4.69) is 21.2 Å². The molecule has 0 atom stereocenters. The van der Waals surface area contributed by atoms with E-state index in [1.165, 1.54) is 10.4 Å². The van der Waals surface area contributed by atoms with Crippen LogP contribution in [0, 0.1) is 13.8 Å². The summed E-state index contributed by atoms with van der Waals surface area (Å²) in [4.78, 5) is 13.9. The van der Waals surface area contributed by atoms with E-state index < -0.39 is 0 Å². The second-order valence-corrected chi connectivity index (χ2v) is 6.14. The summed E-state index contributed by atoms with van der Waals surface area (Å²) in [6.45, 7) is 8.05. The SMILES string of the molecule is Cc1cc(C(=O)NC(C)(C)CBr)sc1C. The Morgan fingerprint density at radius 1 is 1.53 bits per heavy atom. The molecule has 1 aromatic rings. The molecule has 0 saturated carbocycles. The molecule has 4 heteroatoms. The number of aryl methyl sites for hydroxylation is 2. The summed E-state index contributed by atoms with van der Waals surface area (Å²) in [5, 5.41) is 3.73. The molecule has 0 aliphatic rings. The van der Waals surface area contributed by atoms with Gasteiger partial charge in [-0.25, -0.2) is 0 Å². The lowest BCUT2D eigenvalue weighted by Crippen LogP contribution is -2.44. The minimum Gasteiger partial charge on any atom is -0.346 e. The predicted molar refractivity (Wildman–Crippen MR) is 69.1 cm³/mol. The van der Waals surface area contributed by atoms with E-state index in [4.69, 9.17) is 0 Å². The van der Waals surface area contributed by atoms with Crippen molar-refractivity contribution in [3.05, 3.63) is 21.4 Å². The van der Waals surface area contributed by atoms with Gasteiger partial charge in [-0.05, 0) is 39.3 Å². The molecule has 1 amide bonds. The van der Waals surface area contributed by atoms with E-state index >= 15 is 0 Å². The van der Waals surface area contributed by atoms with Gasteiger partial charge in [0.2, 0.25) is 0 Å². The molecule has 0 aromatic carbocycles. The molecule has 1 heterocycles. The van der Waals surface area contributed by atoms with Crippen molar-refractivity contribution in [2.45, 2.75) is 33.2 Å². The topological polar surface area (TPSA) is 29.1 Å². The third-order valence-corrected chi connectivity index (χ3v) is 4.73. The molecule has 15 heavy (non-hydrogen) atoms. The van der Waals surface area contributed by atoms with Crippen molar-refractivity contribution in [1.29, 1.82) is 0 Å². The van der Waals surface area contributed by atoms with Crippen molar-refractivity contribution in [2.75, 3.05) is 5.33 Å². The van der Waals surface area contributed by atoms with Crippen LogP contribution < -0.4 is 5.32 Å². The first-order valence-corrected chi connectivity index (χ1v) is 6.75. The maximum absolute atomic E-state index is 11.9. The first-order valence-electron chi connectivity index (χ1n) is 4.81. The van der Waals surface area contributed by atoms with Gasteiger partial charge in [0.05, 0.1) is 4.88 Å². The van der Waals surface area contributed by atoms with Gasteiger partial charge in [-0.2, -0.15) is 0 Å². The van der Waals surface area contributed by atoms with Crippen LogP contribution in [0.5, 0.6) is 0 Å². The Balaban J connectivity index is 2.78. The Bertz CT molecular complexity index is 351. The number of carbonyl (C=O) groups is 1. The van der Waals surface area contributed by atoms with Gasteiger partial charge in [0.15, 0.2) is 0 Å². The molecule has 0 saturated heterocycles. The monoisotopic (exact) mass is 289 g/mol. The molecule has 0 aliphatic carbocycles. The molecule has 0 radical (unpaired) electrons. The molecule has 1 N–H and O–H groups in total. The molecule has 1 rings (SSSR count). The number of thiophene rings is 1. The average molecular weight is 290 g/mol. The van der Waals surface area contributed by atoms with Crippen LogP contribution in [0.2, 0.25) is 0 Å². The smallest absolute Gasteiger partial charge is 0.261 e. The Kier molecular flexibility index (Phi) is 3.95. The van der Waals surface area contributed by atoms with Crippen LogP contribution in [0.3, 0.4) is 0 Å².